The van der Waals surface area contributed by atoms with Crippen molar-refractivity contribution in [1.82, 2.24) is 15.9 Å². The van der Waals surface area contributed by atoms with E-state index in [1.165, 1.54) is 6.92 Å². The number of ether oxygens (including phenoxy) is 1. The van der Waals surface area contributed by atoms with Crippen LogP contribution in [0.5, 0.6) is 0 Å². The number of nitrogens with one attached hydrogen (secondary N) is 2. The molecule has 1 aromatic rings. The molecule has 0 spiro atoms. The van der Waals surface area contributed by atoms with Crippen LogP contribution in [-0.2, 0) is 24.0 Å². The van der Waals surface area contributed by atoms with Gasteiger partial charge in [0.25, 0.3) is 5.91 Å². The summed E-state index contributed by atoms with van der Waals surface area (Å²) < 4.78 is 5.56. The molecule has 1 saturated heterocycles. The average molecular weight is 532 g/mol. The molecule has 1 unspecified atom stereocenters. The molecule has 1 aliphatic rings. The van der Waals surface area contributed by atoms with Crippen molar-refractivity contribution in [2.45, 2.75) is 79.1 Å². The lowest BCUT2D eigenvalue weighted by atomic mass is 9.82. The van der Waals surface area contributed by atoms with E-state index < -0.39 is 42.0 Å². The van der Waals surface area contributed by atoms with Gasteiger partial charge in [0.2, 0.25) is 11.8 Å². The largest absolute Gasteiger partial charge is 0.383 e. The number of carbonyl (C=O) groups is 3. The van der Waals surface area contributed by atoms with Crippen LogP contribution < -0.4 is 10.9 Å². The zero-order valence-corrected chi connectivity index (χ0v) is 23.4. The Morgan fingerprint density at radius 3 is 2.34 bits per heavy atom. The first-order chi connectivity index (χ1) is 18.1. The summed E-state index contributed by atoms with van der Waals surface area (Å²) in [7, 11) is 0. The zero-order chi connectivity index (χ0) is 28.1. The number of hydrazine groups is 1. The number of amides is 3. The van der Waals surface area contributed by atoms with Crippen molar-refractivity contribution >= 4 is 23.8 Å². The highest BCUT2D eigenvalue weighted by Crippen LogP contribution is 2.26. The predicted octanol–water partition coefficient (Wildman–Crippen LogP) is 3.84. The summed E-state index contributed by atoms with van der Waals surface area (Å²) in [5.74, 6) is -2.82. The van der Waals surface area contributed by atoms with Crippen molar-refractivity contribution in [3.8, 4) is 0 Å². The Balaban J connectivity index is 2.28. The molecule has 0 radical (unpaired) electrons. The number of rotatable bonds is 13. The third kappa shape index (κ3) is 10.9. The molecule has 38 heavy (non-hydrogen) atoms. The number of hydrogen-bond donors (Lipinski definition) is 3. The Morgan fingerprint density at radius 2 is 1.76 bits per heavy atom. The number of benzene rings is 1. The first-order valence-electron chi connectivity index (χ1n) is 13.7. The number of allylic oxidation sites excluding steroid dienone is 1. The van der Waals surface area contributed by atoms with Crippen molar-refractivity contribution in [3.63, 3.8) is 0 Å². The molecule has 3 N–H and O–H groups in total. The summed E-state index contributed by atoms with van der Waals surface area (Å²) in [5.41, 5.74) is 6.22. The highest BCUT2D eigenvalue weighted by atomic mass is 16.8. The van der Waals surface area contributed by atoms with E-state index in [0.717, 1.165) is 23.4 Å². The van der Waals surface area contributed by atoms with E-state index in [1.54, 1.807) is 0 Å². The van der Waals surface area contributed by atoms with Gasteiger partial charge in [-0.25, -0.2) is 10.3 Å². The number of hydrogen-bond acceptors (Lipinski definition) is 6. The van der Waals surface area contributed by atoms with E-state index >= 15 is 0 Å². The molecule has 0 aromatic heterocycles. The Morgan fingerprint density at radius 1 is 1.05 bits per heavy atom. The second-order valence-electron chi connectivity index (χ2n) is 10.8. The second-order valence-corrected chi connectivity index (χ2v) is 10.8. The Kier molecular flexibility index (Phi) is 13.5. The predicted molar refractivity (Wildman–Crippen MR) is 146 cm³/mol. The fourth-order valence-electron chi connectivity index (χ4n) is 4.33. The summed E-state index contributed by atoms with van der Waals surface area (Å²) in [4.78, 5) is 45.2. The van der Waals surface area contributed by atoms with Crippen LogP contribution in [-0.4, -0.2) is 53.4 Å². The third-order valence-corrected chi connectivity index (χ3v) is 6.23. The molecular weight excluding hydrogens is 486 g/mol. The number of nitrogens with zero attached hydrogens (tertiary/aromatic N) is 1. The fourth-order valence-corrected chi connectivity index (χ4v) is 4.33. The molecule has 0 bridgehead atoms. The molecule has 9 nitrogen and oxygen atoms in total. The minimum absolute atomic E-state index is 0.0540. The van der Waals surface area contributed by atoms with Gasteiger partial charge in [-0.3, -0.25) is 24.8 Å². The maximum atomic E-state index is 13.6. The standard InChI is InChI=1S/C29H45N3O6/c1-20(2)18-25(27(34)30-32(19-21(3)4)29(36)22(5)33)24(15-11-14-23-12-7-6-8-13-23)28(35)31-38-26-16-9-10-17-37-26/h6-8,11-14,20-22,24-26,33H,9-10,15-19H2,1-5H3,(H,30,34)(H,31,35)/t22-,24+,25-,26?/m1/s1. The average Bonchev–Trinajstić information content (AvgIpc) is 2.88. The van der Waals surface area contributed by atoms with Gasteiger partial charge >= 0.3 is 0 Å². The van der Waals surface area contributed by atoms with Crippen LogP contribution in [0.2, 0.25) is 0 Å². The zero-order valence-electron chi connectivity index (χ0n) is 23.4. The van der Waals surface area contributed by atoms with Gasteiger partial charge in [0.05, 0.1) is 11.8 Å². The molecule has 4 atom stereocenters. The number of aliphatic hydroxyl groups is 1. The summed E-state index contributed by atoms with van der Waals surface area (Å²) in [6.07, 6.45) is 5.30. The topological polar surface area (TPSA) is 117 Å². The molecule has 1 heterocycles. The smallest absolute Gasteiger partial charge is 0.269 e. The number of hydroxylamine groups is 1. The lowest BCUT2D eigenvalue weighted by Gasteiger charge is -2.31. The van der Waals surface area contributed by atoms with E-state index in [-0.39, 0.29) is 24.8 Å². The van der Waals surface area contributed by atoms with Gasteiger partial charge in [-0.2, -0.15) is 0 Å². The van der Waals surface area contributed by atoms with Crippen LogP contribution in [0.25, 0.3) is 6.08 Å². The normalized spacial score (nSPS) is 18.3. The quantitative estimate of drug-likeness (QED) is 0.333. The first-order valence-corrected chi connectivity index (χ1v) is 13.7. The summed E-state index contributed by atoms with van der Waals surface area (Å²) in [6, 6.07) is 9.70. The molecule has 2 rings (SSSR count). The molecule has 3 amide bonds. The Bertz CT molecular complexity index is 897. The maximum absolute atomic E-state index is 13.6. The van der Waals surface area contributed by atoms with Crippen LogP contribution in [0.3, 0.4) is 0 Å². The van der Waals surface area contributed by atoms with E-state index in [0.29, 0.717) is 19.4 Å². The second kappa shape index (κ2) is 16.3. The minimum atomic E-state index is -1.27. The van der Waals surface area contributed by atoms with Gasteiger partial charge < -0.3 is 9.84 Å². The molecule has 1 aliphatic heterocycles. The van der Waals surface area contributed by atoms with E-state index in [9.17, 15) is 19.5 Å². The van der Waals surface area contributed by atoms with Crippen molar-refractivity contribution in [2.75, 3.05) is 13.2 Å². The van der Waals surface area contributed by atoms with Gasteiger partial charge in [-0.15, -0.1) is 0 Å². The van der Waals surface area contributed by atoms with Crippen LogP contribution in [0, 0.1) is 23.7 Å². The maximum Gasteiger partial charge on any atom is 0.269 e. The van der Waals surface area contributed by atoms with E-state index in [4.69, 9.17) is 9.57 Å². The highest BCUT2D eigenvalue weighted by Gasteiger charge is 2.36. The summed E-state index contributed by atoms with van der Waals surface area (Å²) in [5, 5.41) is 11.0. The lowest BCUT2D eigenvalue weighted by Crippen LogP contribution is -2.54. The van der Waals surface area contributed by atoms with E-state index in [2.05, 4.69) is 10.9 Å². The lowest BCUT2D eigenvalue weighted by molar-refractivity contribution is -0.203. The van der Waals surface area contributed by atoms with Crippen molar-refractivity contribution in [1.29, 1.82) is 0 Å². The van der Waals surface area contributed by atoms with Crippen molar-refractivity contribution < 1.29 is 29.1 Å². The van der Waals surface area contributed by atoms with Gasteiger partial charge in [0, 0.05) is 19.6 Å². The van der Waals surface area contributed by atoms with Crippen LogP contribution >= 0.6 is 0 Å². The van der Waals surface area contributed by atoms with Gasteiger partial charge in [-0.05, 0) is 50.0 Å². The van der Waals surface area contributed by atoms with Crippen LogP contribution in [0.15, 0.2) is 36.4 Å². The van der Waals surface area contributed by atoms with Crippen LogP contribution in [0.1, 0.15) is 72.3 Å². The third-order valence-electron chi connectivity index (χ3n) is 6.23. The fraction of sp³-hybridized carbons (Fsp3) is 0.621. The molecule has 9 heteroatoms. The molecule has 1 fully saturated rings. The minimum Gasteiger partial charge on any atom is -0.383 e. The molecule has 212 valence electrons. The SMILES string of the molecule is CC(C)C[C@@H](C(=O)NN(CC(C)C)C(=O)[C@@H](C)O)[C@H](CC=Cc1ccccc1)C(=O)NOC1CCCCO1. The molecule has 1 aromatic carbocycles. The molecular formula is C29H45N3O6. The summed E-state index contributed by atoms with van der Waals surface area (Å²) >= 11 is 0. The Labute approximate surface area is 226 Å². The monoisotopic (exact) mass is 531 g/mol. The van der Waals surface area contributed by atoms with Crippen LogP contribution in [0.4, 0.5) is 0 Å². The Hall–Kier alpha value is -2.75. The van der Waals surface area contributed by atoms with Gasteiger partial charge in [0.1, 0.15) is 6.10 Å². The highest BCUT2D eigenvalue weighted by molar-refractivity contribution is 5.89. The summed E-state index contributed by atoms with van der Waals surface area (Å²) in [6.45, 7) is 9.96. The first kappa shape index (κ1) is 31.5. The number of carbonyl (C=O) groups excluding carboxylic acids is 3. The van der Waals surface area contributed by atoms with Gasteiger partial charge in [0.15, 0.2) is 6.29 Å². The molecule has 0 saturated carbocycles. The van der Waals surface area contributed by atoms with E-state index in [1.807, 2.05) is 70.2 Å². The van der Waals surface area contributed by atoms with Gasteiger partial charge in [-0.1, -0.05) is 70.2 Å². The van der Waals surface area contributed by atoms with Crippen molar-refractivity contribution in [2.24, 2.45) is 23.7 Å². The molecule has 0 aliphatic carbocycles. The van der Waals surface area contributed by atoms with Crippen molar-refractivity contribution in [3.05, 3.63) is 42.0 Å². The number of aliphatic hydroxyl groups excluding tert-OH is 1.